The van der Waals surface area contributed by atoms with E-state index in [-0.39, 0.29) is 24.7 Å². The number of halogens is 3. The van der Waals surface area contributed by atoms with Gasteiger partial charge < -0.3 is 11.1 Å². The maximum absolute atomic E-state index is 12.7. The van der Waals surface area contributed by atoms with Gasteiger partial charge in [-0.3, -0.25) is 4.79 Å². The SMILES string of the molecule is Cl.NCC(F)(F)CNC(=O)CCCc1cccs1. The lowest BCUT2D eigenvalue weighted by Crippen LogP contribution is -2.41. The first-order chi connectivity index (χ1) is 8.03. The molecule has 1 amide bonds. The van der Waals surface area contributed by atoms with E-state index in [1.54, 1.807) is 11.3 Å². The van der Waals surface area contributed by atoms with Gasteiger partial charge in [0.25, 0.3) is 5.92 Å². The molecule has 1 aromatic heterocycles. The van der Waals surface area contributed by atoms with Crippen molar-refractivity contribution >= 4 is 29.7 Å². The molecule has 0 saturated carbocycles. The number of thiophene rings is 1. The Morgan fingerprint density at radius 1 is 1.50 bits per heavy atom. The Balaban J connectivity index is 0.00000289. The van der Waals surface area contributed by atoms with Crippen LogP contribution in [0.15, 0.2) is 17.5 Å². The fourth-order valence-corrected chi connectivity index (χ4v) is 2.02. The van der Waals surface area contributed by atoms with Gasteiger partial charge in [0.2, 0.25) is 5.91 Å². The van der Waals surface area contributed by atoms with Crippen molar-refractivity contribution in [2.45, 2.75) is 25.2 Å². The van der Waals surface area contributed by atoms with Gasteiger partial charge >= 0.3 is 0 Å². The molecule has 1 heterocycles. The van der Waals surface area contributed by atoms with Gasteiger partial charge in [0.1, 0.15) is 0 Å². The predicted octanol–water partition coefficient (Wildman–Crippen LogP) is 2.20. The minimum absolute atomic E-state index is 0. The average molecular weight is 299 g/mol. The summed E-state index contributed by atoms with van der Waals surface area (Å²) in [6.07, 6.45) is 1.73. The van der Waals surface area contributed by atoms with Crippen molar-refractivity contribution < 1.29 is 13.6 Å². The minimum Gasteiger partial charge on any atom is -0.350 e. The van der Waals surface area contributed by atoms with Crippen molar-refractivity contribution in [1.29, 1.82) is 0 Å². The van der Waals surface area contributed by atoms with E-state index < -0.39 is 19.0 Å². The molecular weight excluding hydrogens is 282 g/mol. The van der Waals surface area contributed by atoms with Crippen molar-refractivity contribution in [3.8, 4) is 0 Å². The first-order valence-corrected chi connectivity index (χ1v) is 6.28. The fraction of sp³-hybridized carbons (Fsp3) is 0.545. The number of aryl methyl sites for hydroxylation is 1. The molecule has 3 N–H and O–H groups in total. The molecule has 18 heavy (non-hydrogen) atoms. The summed E-state index contributed by atoms with van der Waals surface area (Å²) in [6, 6.07) is 3.94. The van der Waals surface area contributed by atoms with Crippen LogP contribution in [-0.2, 0) is 11.2 Å². The van der Waals surface area contributed by atoms with Gasteiger partial charge in [-0.1, -0.05) is 6.07 Å². The lowest BCUT2D eigenvalue weighted by molar-refractivity contribution is -0.122. The Labute approximate surface area is 115 Å². The van der Waals surface area contributed by atoms with Crippen molar-refractivity contribution in [3.63, 3.8) is 0 Å². The Kier molecular flexibility index (Phi) is 8.06. The lowest BCUT2D eigenvalue weighted by atomic mass is 10.2. The number of nitrogens with one attached hydrogen (secondary N) is 1. The summed E-state index contributed by atoms with van der Waals surface area (Å²) >= 11 is 1.63. The molecule has 0 unspecified atom stereocenters. The first kappa shape index (κ1) is 17.3. The molecule has 1 rings (SSSR count). The summed E-state index contributed by atoms with van der Waals surface area (Å²) in [6.45, 7) is -1.43. The number of carbonyl (C=O) groups excluding carboxylic acids is 1. The van der Waals surface area contributed by atoms with Crippen LogP contribution in [-0.4, -0.2) is 24.9 Å². The molecule has 0 spiro atoms. The van der Waals surface area contributed by atoms with E-state index in [0.717, 1.165) is 6.42 Å². The maximum Gasteiger partial charge on any atom is 0.277 e. The third-order valence-corrected chi connectivity index (χ3v) is 3.19. The highest BCUT2D eigenvalue weighted by Gasteiger charge is 2.26. The van der Waals surface area contributed by atoms with Crippen LogP contribution in [0, 0.1) is 0 Å². The highest BCUT2D eigenvalue weighted by Crippen LogP contribution is 2.12. The van der Waals surface area contributed by atoms with Gasteiger partial charge in [-0.2, -0.15) is 0 Å². The molecule has 7 heteroatoms. The second-order valence-electron chi connectivity index (χ2n) is 3.77. The molecule has 104 valence electrons. The van der Waals surface area contributed by atoms with Gasteiger partial charge in [-0.25, -0.2) is 8.78 Å². The number of hydrogen-bond acceptors (Lipinski definition) is 3. The molecule has 3 nitrogen and oxygen atoms in total. The highest BCUT2D eigenvalue weighted by atomic mass is 35.5. The Morgan fingerprint density at radius 2 is 2.22 bits per heavy atom. The van der Waals surface area contributed by atoms with Gasteiger partial charge in [-0.05, 0) is 24.3 Å². The van der Waals surface area contributed by atoms with Crippen LogP contribution in [0.4, 0.5) is 8.78 Å². The second kappa shape index (κ2) is 8.39. The Morgan fingerprint density at radius 3 is 2.78 bits per heavy atom. The van der Waals surface area contributed by atoms with Crippen LogP contribution >= 0.6 is 23.7 Å². The van der Waals surface area contributed by atoms with E-state index in [9.17, 15) is 13.6 Å². The summed E-state index contributed by atoms with van der Waals surface area (Å²) in [7, 11) is 0. The molecule has 0 fully saturated rings. The van der Waals surface area contributed by atoms with Crippen molar-refractivity contribution in [2.24, 2.45) is 5.73 Å². The molecule has 0 saturated heterocycles. The van der Waals surface area contributed by atoms with Crippen molar-refractivity contribution in [1.82, 2.24) is 5.32 Å². The molecule has 0 aromatic carbocycles. The van der Waals surface area contributed by atoms with Gasteiger partial charge in [0.05, 0.1) is 13.1 Å². The number of amides is 1. The van der Waals surface area contributed by atoms with E-state index in [1.807, 2.05) is 17.5 Å². The Bertz CT molecular complexity index is 347. The summed E-state index contributed by atoms with van der Waals surface area (Å²) in [4.78, 5) is 12.5. The fourth-order valence-electron chi connectivity index (χ4n) is 1.27. The second-order valence-corrected chi connectivity index (χ2v) is 4.80. The monoisotopic (exact) mass is 298 g/mol. The average Bonchev–Trinajstić information content (AvgIpc) is 2.80. The van der Waals surface area contributed by atoms with E-state index in [0.29, 0.717) is 6.42 Å². The van der Waals surface area contributed by atoms with E-state index in [1.165, 1.54) is 4.88 Å². The van der Waals surface area contributed by atoms with Crippen molar-refractivity contribution in [2.75, 3.05) is 13.1 Å². The van der Waals surface area contributed by atoms with E-state index in [2.05, 4.69) is 5.32 Å². The molecule has 0 aliphatic heterocycles. The predicted molar refractivity (Wildman–Crippen MR) is 71.5 cm³/mol. The molecule has 0 aliphatic rings. The zero-order chi connectivity index (χ0) is 12.7. The van der Waals surface area contributed by atoms with Crippen molar-refractivity contribution in [3.05, 3.63) is 22.4 Å². The summed E-state index contributed by atoms with van der Waals surface area (Å²) in [5.41, 5.74) is 4.86. The van der Waals surface area contributed by atoms with Gasteiger partial charge in [0.15, 0.2) is 0 Å². The van der Waals surface area contributed by atoms with Crippen LogP contribution in [0.3, 0.4) is 0 Å². The first-order valence-electron chi connectivity index (χ1n) is 5.40. The van der Waals surface area contributed by atoms with Crippen LogP contribution in [0.1, 0.15) is 17.7 Å². The maximum atomic E-state index is 12.7. The third kappa shape index (κ3) is 6.88. The topological polar surface area (TPSA) is 55.1 Å². The van der Waals surface area contributed by atoms with Crippen LogP contribution < -0.4 is 11.1 Å². The number of carbonyl (C=O) groups is 1. The van der Waals surface area contributed by atoms with Gasteiger partial charge in [0, 0.05) is 11.3 Å². The van der Waals surface area contributed by atoms with Crippen LogP contribution in [0.25, 0.3) is 0 Å². The number of alkyl halides is 2. The molecule has 1 aromatic rings. The number of nitrogens with two attached hydrogens (primary N) is 1. The molecule has 0 atom stereocenters. The smallest absolute Gasteiger partial charge is 0.277 e. The van der Waals surface area contributed by atoms with Crippen LogP contribution in [0.5, 0.6) is 0 Å². The number of hydrogen-bond donors (Lipinski definition) is 2. The quantitative estimate of drug-likeness (QED) is 0.811. The normalized spacial score (nSPS) is 10.8. The summed E-state index contributed by atoms with van der Waals surface area (Å²) in [5.74, 6) is -3.36. The molecule has 0 aliphatic carbocycles. The van der Waals surface area contributed by atoms with Gasteiger partial charge in [-0.15, -0.1) is 23.7 Å². The summed E-state index contributed by atoms with van der Waals surface area (Å²) < 4.78 is 25.4. The third-order valence-electron chi connectivity index (χ3n) is 2.25. The Hall–Kier alpha value is -0.720. The lowest BCUT2D eigenvalue weighted by Gasteiger charge is -2.14. The van der Waals surface area contributed by atoms with Crippen LogP contribution in [0.2, 0.25) is 0 Å². The standard InChI is InChI=1S/C11H16F2N2OS.ClH/c12-11(13,7-14)8-15-10(16)5-1-3-9-4-2-6-17-9;/h2,4,6H,1,3,5,7-8,14H2,(H,15,16);1H. The zero-order valence-electron chi connectivity index (χ0n) is 9.83. The minimum atomic E-state index is -3.01. The molecular formula is C11H17ClF2N2OS. The molecule has 0 bridgehead atoms. The largest absolute Gasteiger partial charge is 0.350 e. The van der Waals surface area contributed by atoms with E-state index >= 15 is 0 Å². The highest BCUT2D eigenvalue weighted by molar-refractivity contribution is 7.09. The number of rotatable bonds is 7. The zero-order valence-corrected chi connectivity index (χ0v) is 11.5. The summed E-state index contributed by atoms with van der Waals surface area (Å²) in [5, 5.41) is 4.16. The molecule has 0 radical (unpaired) electrons. The van der Waals surface area contributed by atoms with E-state index in [4.69, 9.17) is 5.73 Å².